The van der Waals surface area contributed by atoms with Gasteiger partial charge in [0.2, 0.25) is 11.6 Å². The smallest absolute Gasteiger partial charge is 0.212 e. The third kappa shape index (κ3) is 1.77. The molecule has 1 heterocycles. The third-order valence-electron chi connectivity index (χ3n) is 4.21. The molecule has 0 spiro atoms. The normalized spacial score (nSPS) is 20.2. The molecule has 0 bridgehead atoms. The number of nitrogens with zero attached hydrogens (tertiary/aromatic N) is 1. The molecule has 1 unspecified atom stereocenters. The summed E-state index contributed by atoms with van der Waals surface area (Å²) >= 11 is 0. The number of fused-ring (bicyclic) bond motifs is 1. The van der Waals surface area contributed by atoms with Crippen molar-refractivity contribution in [1.29, 1.82) is 0 Å². The predicted molar refractivity (Wildman–Crippen MR) is 82.2 cm³/mol. The Morgan fingerprint density at radius 1 is 0.864 bits per heavy atom. The average Bonchev–Trinajstić information content (AvgIpc) is 3.34. The van der Waals surface area contributed by atoms with Gasteiger partial charge in [0.05, 0.1) is 6.04 Å². The second-order valence-electron chi connectivity index (χ2n) is 5.54. The van der Waals surface area contributed by atoms with Gasteiger partial charge in [-0.1, -0.05) is 54.6 Å². The van der Waals surface area contributed by atoms with E-state index >= 15 is 0 Å². The first-order chi connectivity index (χ1) is 10.7. The summed E-state index contributed by atoms with van der Waals surface area (Å²) in [6.45, 7) is 0.710. The molecule has 0 radical (unpaired) electrons. The van der Waals surface area contributed by atoms with Crippen LogP contribution in [0.25, 0.3) is 0 Å². The highest BCUT2D eigenvalue weighted by Crippen LogP contribution is 2.41. The van der Waals surface area contributed by atoms with Crippen molar-refractivity contribution in [1.82, 2.24) is 4.90 Å². The van der Waals surface area contributed by atoms with Gasteiger partial charge in [0.1, 0.15) is 11.4 Å². The molecule has 2 aliphatic rings. The van der Waals surface area contributed by atoms with E-state index in [1.807, 2.05) is 35.2 Å². The highest BCUT2D eigenvalue weighted by Gasteiger charge is 2.44. The zero-order valence-corrected chi connectivity index (χ0v) is 11.8. The topological polar surface area (TPSA) is 63.2 Å². The summed E-state index contributed by atoms with van der Waals surface area (Å²) in [5, 5.41) is 0. The molecule has 22 heavy (non-hydrogen) atoms. The SMILES string of the molecule is NC1=C(N2CC2c2ccccc2)C(=O)c2ccccc2C1=O. The lowest BCUT2D eigenvalue weighted by Gasteiger charge is -2.20. The van der Waals surface area contributed by atoms with Crippen molar-refractivity contribution in [3.05, 3.63) is 82.7 Å². The van der Waals surface area contributed by atoms with Crippen LogP contribution >= 0.6 is 0 Å². The lowest BCUT2D eigenvalue weighted by molar-refractivity contribution is 0.0958. The highest BCUT2D eigenvalue weighted by molar-refractivity contribution is 6.26. The Labute approximate surface area is 127 Å². The van der Waals surface area contributed by atoms with Gasteiger partial charge in [-0.2, -0.15) is 0 Å². The van der Waals surface area contributed by atoms with Gasteiger partial charge in [0.15, 0.2) is 0 Å². The number of nitrogens with two attached hydrogens (primary N) is 1. The molecule has 4 nitrogen and oxygen atoms in total. The van der Waals surface area contributed by atoms with E-state index < -0.39 is 0 Å². The number of Topliss-reactive ketones (excluding diaryl/α,β-unsaturated/α-hetero) is 2. The van der Waals surface area contributed by atoms with E-state index in [0.29, 0.717) is 23.4 Å². The monoisotopic (exact) mass is 290 g/mol. The molecular weight excluding hydrogens is 276 g/mol. The van der Waals surface area contributed by atoms with E-state index in [2.05, 4.69) is 0 Å². The van der Waals surface area contributed by atoms with Gasteiger partial charge in [0, 0.05) is 17.7 Å². The van der Waals surface area contributed by atoms with Gasteiger partial charge in [-0.25, -0.2) is 0 Å². The Kier molecular flexibility index (Phi) is 2.66. The van der Waals surface area contributed by atoms with Crippen LogP contribution in [0.2, 0.25) is 0 Å². The van der Waals surface area contributed by atoms with Crippen LogP contribution in [-0.2, 0) is 0 Å². The second kappa shape index (κ2) is 4.56. The lowest BCUT2D eigenvalue weighted by atomic mass is 9.90. The van der Waals surface area contributed by atoms with E-state index in [1.54, 1.807) is 24.3 Å². The van der Waals surface area contributed by atoms with E-state index in [4.69, 9.17) is 5.73 Å². The van der Waals surface area contributed by atoms with E-state index in [1.165, 1.54) is 0 Å². The zero-order chi connectivity index (χ0) is 15.3. The average molecular weight is 290 g/mol. The molecule has 2 aromatic rings. The minimum absolute atomic E-state index is 0.0575. The van der Waals surface area contributed by atoms with Gasteiger partial charge in [-0.05, 0) is 5.56 Å². The van der Waals surface area contributed by atoms with Crippen molar-refractivity contribution in [2.75, 3.05) is 6.54 Å². The fourth-order valence-corrected chi connectivity index (χ4v) is 3.01. The van der Waals surface area contributed by atoms with Crippen LogP contribution in [0, 0.1) is 0 Å². The maximum absolute atomic E-state index is 12.7. The fourth-order valence-electron chi connectivity index (χ4n) is 3.01. The molecule has 4 heteroatoms. The number of hydrogen-bond donors (Lipinski definition) is 1. The van der Waals surface area contributed by atoms with E-state index in [0.717, 1.165) is 5.56 Å². The molecule has 4 rings (SSSR count). The van der Waals surface area contributed by atoms with Crippen molar-refractivity contribution in [3.8, 4) is 0 Å². The maximum atomic E-state index is 12.7. The Morgan fingerprint density at radius 3 is 2.14 bits per heavy atom. The number of hydrogen-bond acceptors (Lipinski definition) is 4. The first-order valence-corrected chi connectivity index (χ1v) is 7.18. The zero-order valence-electron chi connectivity index (χ0n) is 11.8. The van der Waals surface area contributed by atoms with Gasteiger partial charge >= 0.3 is 0 Å². The van der Waals surface area contributed by atoms with E-state index in [-0.39, 0.29) is 23.3 Å². The van der Waals surface area contributed by atoms with Crippen LogP contribution in [-0.4, -0.2) is 23.0 Å². The highest BCUT2D eigenvalue weighted by atomic mass is 16.1. The van der Waals surface area contributed by atoms with Gasteiger partial charge in [0.25, 0.3) is 0 Å². The van der Waals surface area contributed by atoms with Crippen molar-refractivity contribution < 1.29 is 9.59 Å². The molecule has 1 saturated heterocycles. The quantitative estimate of drug-likeness (QED) is 0.862. The van der Waals surface area contributed by atoms with Crippen molar-refractivity contribution in [3.63, 3.8) is 0 Å². The van der Waals surface area contributed by atoms with Crippen LogP contribution in [0.4, 0.5) is 0 Å². The molecule has 2 aromatic carbocycles. The minimum atomic E-state index is -0.260. The predicted octanol–water partition coefficient (Wildman–Crippen LogP) is 2.29. The first kappa shape index (κ1) is 12.8. The summed E-state index contributed by atoms with van der Waals surface area (Å²) in [5.41, 5.74) is 8.34. The number of ketones is 2. The van der Waals surface area contributed by atoms with Crippen molar-refractivity contribution >= 4 is 11.6 Å². The number of carbonyl (C=O) groups excluding carboxylic acids is 2. The first-order valence-electron chi connectivity index (χ1n) is 7.18. The largest absolute Gasteiger partial charge is 0.394 e. The fraction of sp³-hybridized carbons (Fsp3) is 0.111. The van der Waals surface area contributed by atoms with Gasteiger partial charge in [-0.3, -0.25) is 9.59 Å². The van der Waals surface area contributed by atoms with Gasteiger partial charge < -0.3 is 10.6 Å². The Morgan fingerprint density at radius 2 is 1.45 bits per heavy atom. The molecule has 0 saturated carbocycles. The van der Waals surface area contributed by atoms with Crippen LogP contribution in [0.1, 0.15) is 32.3 Å². The third-order valence-corrected chi connectivity index (χ3v) is 4.21. The van der Waals surface area contributed by atoms with Crippen molar-refractivity contribution in [2.45, 2.75) is 6.04 Å². The lowest BCUT2D eigenvalue weighted by Crippen LogP contribution is -2.29. The molecule has 1 aliphatic heterocycles. The summed E-state index contributed by atoms with van der Waals surface area (Å²) in [4.78, 5) is 27.0. The summed E-state index contributed by atoms with van der Waals surface area (Å²) < 4.78 is 0. The molecule has 1 aliphatic carbocycles. The number of rotatable bonds is 2. The van der Waals surface area contributed by atoms with Crippen LogP contribution in [0.15, 0.2) is 66.0 Å². The molecular formula is C18H14N2O2. The Hall–Kier alpha value is -2.88. The van der Waals surface area contributed by atoms with Gasteiger partial charge in [-0.15, -0.1) is 0 Å². The molecule has 0 amide bonds. The molecule has 0 aromatic heterocycles. The van der Waals surface area contributed by atoms with E-state index in [9.17, 15) is 9.59 Å². The summed E-state index contributed by atoms with van der Waals surface area (Å²) in [7, 11) is 0. The van der Waals surface area contributed by atoms with Crippen molar-refractivity contribution in [2.24, 2.45) is 5.73 Å². The standard InChI is InChI=1S/C18H14N2O2/c19-15-16(20-10-14(20)11-6-2-1-3-7-11)18(22)13-9-5-4-8-12(13)17(15)21/h1-9,14H,10,19H2. The van der Waals surface area contributed by atoms with Crippen LogP contribution in [0.3, 0.4) is 0 Å². The molecule has 1 atom stereocenters. The summed E-state index contributed by atoms with van der Waals surface area (Å²) in [5.74, 6) is -0.421. The van der Waals surface area contributed by atoms with Crippen LogP contribution < -0.4 is 5.73 Å². The minimum Gasteiger partial charge on any atom is -0.394 e. The summed E-state index contributed by atoms with van der Waals surface area (Å²) in [6, 6.07) is 16.9. The van der Waals surface area contributed by atoms with Crippen LogP contribution in [0.5, 0.6) is 0 Å². The number of benzene rings is 2. The maximum Gasteiger partial charge on any atom is 0.212 e. The molecule has 2 N–H and O–H groups in total. The number of allylic oxidation sites excluding steroid dienone is 2. The molecule has 1 fully saturated rings. The second-order valence-corrected chi connectivity index (χ2v) is 5.54. The Balaban J connectivity index is 1.73. The Bertz CT molecular complexity index is 824. The summed E-state index contributed by atoms with van der Waals surface area (Å²) in [6.07, 6.45) is 0. The number of carbonyl (C=O) groups is 2. The molecule has 108 valence electrons.